The van der Waals surface area contributed by atoms with Gasteiger partial charge in [-0.15, -0.1) is 0 Å². The van der Waals surface area contributed by atoms with Crippen LogP contribution in [0.25, 0.3) is 0 Å². The minimum absolute atomic E-state index is 0.338. The molecule has 0 heterocycles. The van der Waals surface area contributed by atoms with Gasteiger partial charge in [0.25, 0.3) is 0 Å². The molecule has 0 aliphatic carbocycles. The van der Waals surface area contributed by atoms with E-state index in [0.717, 1.165) is 24.9 Å². The van der Waals surface area contributed by atoms with Crippen molar-refractivity contribution in [3.63, 3.8) is 0 Å². The number of halogens is 4. The van der Waals surface area contributed by atoms with Crippen LogP contribution in [0.5, 0.6) is 0 Å². The molecule has 0 saturated carbocycles. The Bertz CT molecular complexity index is 331. The highest BCUT2D eigenvalue weighted by Crippen LogP contribution is 2.35. The molecule has 0 amide bonds. The summed E-state index contributed by atoms with van der Waals surface area (Å²) >= 11 is 0. The van der Waals surface area contributed by atoms with Crippen LogP contribution in [0.4, 0.5) is 17.6 Å². The third-order valence-electron chi connectivity index (χ3n) is 2.45. The summed E-state index contributed by atoms with van der Waals surface area (Å²) in [4.78, 5) is 0. The molecule has 1 nitrogen and oxygen atoms in total. The Morgan fingerprint density at radius 2 is 1.76 bits per heavy atom. The topological polar surface area (TPSA) is 12.0 Å². The van der Waals surface area contributed by atoms with Crippen molar-refractivity contribution in [2.24, 2.45) is 0 Å². The van der Waals surface area contributed by atoms with Gasteiger partial charge in [-0.05, 0) is 37.6 Å². The summed E-state index contributed by atoms with van der Waals surface area (Å²) in [5.41, 5.74) is 0.577. The fraction of sp³-hybridized carbons (Fsp3) is 0.500. The molecule has 0 spiro atoms. The molecule has 0 saturated heterocycles. The molecule has 0 fully saturated rings. The van der Waals surface area contributed by atoms with Gasteiger partial charge in [0.2, 0.25) is 6.17 Å². The number of alkyl halides is 4. The van der Waals surface area contributed by atoms with Crippen LogP contribution < -0.4 is 5.32 Å². The Labute approximate surface area is 97.8 Å². The van der Waals surface area contributed by atoms with Crippen molar-refractivity contribution >= 4 is 0 Å². The Morgan fingerprint density at radius 3 is 2.24 bits per heavy atom. The first-order valence-corrected chi connectivity index (χ1v) is 5.39. The highest BCUT2D eigenvalue weighted by Gasteiger charge is 2.41. The van der Waals surface area contributed by atoms with Gasteiger partial charge in [0.05, 0.1) is 0 Å². The molecule has 0 aromatic heterocycles. The lowest BCUT2D eigenvalue weighted by Gasteiger charge is -2.12. The second kappa shape index (κ2) is 6.00. The van der Waals surface area contributed by atoms with Crippen molar-refractivity contribution in [3.8, 4) is 0 Å². The maximum absolute atomic E-state index is 12.9. The number of aryl methyl sites for hydroxylation is 1. The first kappa shape index (κ1) is 14.0. The van der Waals surface area contributed by atoms with Gasteiger partial charge in [-0.25, -0.2) is 4.39 Å². The maximum Gasteiger partial charge on any atom is 0.423 e. The lowest BCUT2D eigenvalue weighted by molar-refractivity contribution is -0.182. The average molecular weight is 249 g/mol. The summed E-state index contributed by atoms with van der Waals surface area (Å²) in [5.74, 6) is 0. The lowest BCUT2D eigenvalue weighted by Crippen LogP contribution is -2.16. The third-order valence-corrected chi connectivity index (χ3v) is 2.45. The van der Waals surface area contributed by atoms with E-state index in [1.165, 1.54) is 12.1 Å². The molecule has 1 aromatic rings. The summed E-state index contributed by atoms with van der Waals surface area (Å²) in [7, 11) is 1.83. The van der Waals surface area contributed by atoms with E-state index in [9.17, 15) is 17.6 Å². The van der Waals surface area contributed by atoms with Gasteiger partial charge in [-0.3, -0.25) is 0 Å². The van der Waals surface area contributed by atoms with Gasteiger partial charge in [0.1, 0.15) is 0 Å². The third kappa shape index (κ3) is 4.34. The fourth-order valence-electron chi connectivity index (χ4n) is 1.51. The summed E-state index contributed by atoms with van der Waals surface area (Å²) in [6.07, 6.45) is -6.06. The van der Waals surface area contributed by atoms with Gasteiger partial charge in [-0.2, -0.15) is 13.2 Å². The van der Waals surface area contributed by atoms with Crippen molar-refractivity contribution in [1.82, 2.24) is 5.32 Å². The van der Waals surface area contributed by atoms with Crippen LogP contribution >= 0.6 is 0 Å². The second-order valence-electron chi connectivity index (χ2n) is 3.85. The van der Waals surface area contributed by atoms with Crippen LogP contribution in [-0.2, 0) is 6.42 Å². The van der Waals surface area contributed by atoms with E-state index in [1.54, 1.807) is 12.1 Å². The molecule has 17 heavy (non-hydrogen) atoms. The second-order valence-corrected chi connectivity index (χ2v) is 3.85. The van der Waals surface area contributed by atoms with Gasteiger partial charge < -0.3 is 5.32 Å². The first-order chi connectivity index (χ1) is 7.95. The van der Waals surface area contributed by atoms with Crippen LogP contribution in [0.15, 0.2) is 24.3 Å². The summed E-state index contributed by atoms with van der Waals surface area (Å²) < 4.78 is 49.2. The Hall–Kier alpha value is -1.10. The Kier molecular flexibility index (Phi) is 4.93. The summed E-state index contributed by atoms with van der Waals surface area (Å²) in [6.45, 7) is 0.843. The van der Waals surface area contributed by atoms with E-state index >= 15 is 0 Å². The molecule has 0 radical (unpaired) electrons. The molecule has 1 atom stereocenters. The average Bonchev–Trinajstić information content (AvgIpc) is 2.28. The van der Waals surface area contributed by atoms with Gasteiger partial charge in [0.15, 0.2) is 0 Å². The predicted molar refractivity (Wildman–Crippen MR) is 58.6 cm³/mol. The highest BCUT2D eigenvalue weighted by molar-refractivity contribution is 5.25. The zero-order chi connectivity index (χ0) is 12.9. The van der Waals surface area contributed by atoms with E-state index in [1.807, 2.05) is 7.05 Å². The van der Waals surface area contributed by atoms with Crippen molar-refractivity contribution in [3.05, 3.63) is 35.4 Å². The monoisotopic (exact) mass is 249 g/mol. The van der Waals surface area contributed by atoms with E-state index in [2.05, 4.69) is 5.32 Å². The van der Waals surface area contributed by atoms with Crippen LogP contribution in [0.1, 0.15) is 23.7 Å². The molecule has 5 heteroatoms. The number of rotatable bonds is 5. The molecule has 96 valence electrons. The Morgan fingerprint density at radius 1 is 1.18 bits per heavy atom. The lowest BCUT2D eigenvalue weighted by atomic mass is 10.0. The zero-order valence-electron chi connectivity index (χ0n) is 9.52. The molecular formula is C12H15F4N. The van der Waals surface area contributed by atoms with Crippen LogP contribution in [-0.4, -0.2) is 19.8 Å². The quantitative estimate of drug-likeness (QED) is 0.623. The standard InChI is InChI=1S/C12H15F4N/c1-17-8-2-3-9-4-6-10(7-5-9)11(13)12(14,15)16/h4-7,11,17H,2-3,8H2,1H3. The normalized spacial score (nSPS) is 13.7. The molecule has 1 aromatic carbocycles. The maximum atomic E-state index is 12.9. The number of hydrogen-bond acceptors (Lipinski definition) is 1. The van der Waals surface area contributed by atoms with Crippen molar-refractivity contribution in [2.75, 3.05) is 13.6 Å². The number of nitrogens with one attached hydrogen (secondary N) is 1. The molecule has 1 rings (SSSR count). The highest BCUT2D eigenvalue weighted by atomic mass is 19.4. The van der Waals surface area contributed by atoms with E-state index in [-0.39, 0.29) is 5.56 Å². The number of benzene rings is 1. The fourth-order valence-corrected chi connectivity index (χ4v) is 1.51. The van der Waals surface area contributed by atoms with Crippen LogP contribution in [0.3, 0.4) is 0 Å². The van der Waals surface area contributed by atoms with Crippen LogP contribution in [0.2, 0.25) is 0 Å². The zero-order valence-corrected chi connectivity index (χ0v) is 9.52. The van der Waals surface area contributed by atoms with Gasteiger partial charge in [-0.1, -0.05) is 24.3 Å². The smallest absolute Gasteiger partial charge is 0.320 e. The molecule has 1 N–H and O–H groups in total. The predicted octanol–water partition coefficient (Wildman–Crippen LogP) is 3.41. The first-order valence-electron chi connectivity index (χ1n) is 5.39. The molecule has 0 aliphatic rings. The van der Waals surface area contributed by atoms with Gasteiger partial charge in [0, 0.05) is 0 Å². The van der Waals surface area contributed by atoms with Crippen molar-refractivity contribution in [1.29, 1.82) is 0 Å². The minimum Gasteiger partial charge on any atom is -0.320 e. The minimum atomic E-state index is -4.83. The summed E-state index contributed by atoms with van der Waals surface area (Å²) in [5, 5.41) is 2.98. The summed E-state index contributed by atoms with van der Waals surface area (Å²) in [6, 6.07) is 5.49. The van der Waals surface area contributed by atoms with E-state index < -0.39 is 12.3 Å². The molecule has 1 unspecified atom stereocenters. The largest absolute Gasteiger partial charge is 0.423 e. The van der Waals surface area contributed by atoms with E-state index in [0.29, 0.717) is 0 Å². The van der Waals surface area contributed by atoms with E-state index in [4.69, 9.17) is 0 Å². The Balaban J connectivity index is 2.61. The van der Waals surface area contributed by atoms with Crippen LogP contribution in [0, 0.1) is 0 Å². The van der Waals surface area contributed by atoms with Gasteiger partial charge >= 0.3 is 6.18 Å². The SMILES string of the molecule is CNCCCc1ccc(C(F)C(F)(F)F)cc1. The van der Waals surface area contributed by atoms with Crippen molar-refractivity contribution in [2.45, 2.75) is 25.2 Å². The molecule has 0 bridgehead atoms. The molecule has 0 aliphatic heterocycles. The number of hydrogen-bond donors (Lipinski definition) is 1. The van der Waals surface area contributed by atoms with Crippen molar-refractivity contribution < 1.29 is 17.6 Å². The molecular weight excluding hydrogens is 234 g/mol.